The molecule has 2 aliphatic rings. The van der Waals surface area contributed by atoms with Crippen LogP contribution in [0.5, 0.6) is 0 Å². The SMILES string of the molecule is Cc1cccc(CN2CC3(C2)CN(C(=O)Cc2ccc(F)cc2)C3)n1. The summed E-state index contributed by atoms with van der Waals surface area (Å²) in [4.78, 5) is 21.2. The summed E-state index contributed by atoms with van der Waals surface area (Å²) >= 11 is 0. The smallest absolute Gasteiger partial charge is 0.227 e. The molecule has 2 aromatic rings. The van der Waals surface area contributed by atoms with Gasteiger partial charge in [0.25, 0.3) is 0 Å². The molecule has 0 saturated carbocycles. The minimum absolute atomic E-state index is 0.135. The summed E-state index contributed by atoms with van der Waals surface area (Å²) < 4.78 is 12.9. The number of aromatic nitrogens is 1. The fourth-order valence-corrected chi connectivity index (χ4v) is 3.96. The molecule has 2 fully saturated rings. The van der Waals surface area contributed by atoms with Crippen molar-refractivity contribution in [2.24, 2.45) is 5.41 Å². The highest BCUT2D eigenvalue weighted by atomic mass is 19.1. The molecule has 0 unspecified atom stereocenters. The van der Waals surface area contributed by atoms with E-state index in [0.717, 1.165) is 49.7 Å². The predicted octanol–water partition coefficient (Wildman–Crippen LogP) is 2.42. The van der Waals surface area contributed by atoms with Crippen LogP contribution in [0.1, 0.15) is 17.0 Å². The van der Waals surface area contributed by atoms with Gasteiger partial charge in [0.1, 0.15) is 5.82 Å². The Morgan fingerprint density at radius 3 is 2.52 bits per heavy atom. The lowest BCUT2D eigenvalue weighted by atomic mass is 9.72. The summed E-state index contributed by atoms with van der Waals surface area (Å²) in [7, 11) is 0. The van der Waals surface area contributed by atoms with Crippen LogP contribution in [0.2, 0.25) is 0 Å². The average molecular weight is 339 g/mol. The van der Waals surface area contributed by atoms with E-state index in [4.69, 9.17) is 0 Å². The number of pyridine rings is 1. The second kappa shape index (κ2) is 6.23. The van der Waals surface area contributed by atoms with Crippen LogP contribution in [0.15, 0.2) is 42.5 Å². The van der Waals surface area contributed by atoms with Gasteiger partial charge in [0.05, 0.1) is 12.1 Å². The van der Waals surface area contributed by atoms with Crippen molar-refractivity contribution in [1.82, 2.24) is 14.8 Å². The molecule has 2 saturated heterocycles. The van der Waals surface area contributed by atoms with Crippen molar-refractivity contribution in [2.45, 2.75) is 19.9 Å². The van der Waals surface area contributed by atoms with Gasteiger partial charge in [0, 0.05) is 43.8 Å². The largest absolute Gasteiger partial charge is 0.341 e. The summed E-state index contributed by atoms with van der Waals surface area (Å²) in [5.74, 6) is -0.132. The molecular formula is C20H22FN3O. The second-order valence-electron chi connectivity index (χ2n) is 7.47. The lowest BCUT2D eigenvalue weighted by Gasteiger charge is -2.60. The third-order valence-electron chi connectivity index (χ3n) is 5.12. The molecule has 0 bridgehead atoms. The van der Waals surface area contributed by atoms with Crippen LogP contribution in [0.3, 0.4) is 0 Å². The van der Waals surface area contributed by atoms with E-state index in [1.54, 1.807) is 12.1 Å². The number of hydrogen-bond acceptors (Lipinski definition) is 3. The van der Waals surface area contributed by atoms with E-state index in [-0.39, 0.29) is 17.1 Å². The summed E-state index contributed by atoms with van der Waals surface area (Å²) in [6, 6.07) is 12.3. The number of amides is 1. The molecule has 0 N–H and O–H groups in total. The molecule has 4 nitrogen and oxygen atoms in total. The highest BCUT2D eigenvalue weighted by Gasteiger charge is 2.52. The fraction of sp³-hybridized carbons (Fsp3) is 0.400. The van der Waals surface area contributed by atoms with E-state index in [0.29, 0.717) is 6.42 Å². The maximum absolute atomic E-state index is 12.9. The van der Waals surface area contributed by atoms with Gasteiger partial charge in [0.2, 0.25) is 5.91 Å². The highest BCUT2D eigenvalue weighted by Crippen LogP contribution is 2.40. The normalized spacial score (nSPS) is 18.7. The molecule has 4 rings (SSSR count). The number of carbonyl (C=O) groups is 1. The van der Waals surface area contributed by atoms with Gasteiger partial charge < -0.3 is 4.90 Å². The minimum atomic E-state index is -0.267. The van der Waals surface area contributed by atoms with Gasteiger partial charge >= 0.3 is 0 Å². The van der Waals surface area contributed by atoms with Crippen molar-refractivity contribution >= 4 is 5.91 Å². The molecular weight excluding hydrogens is 317 g/mol. The zero-order chi connectivity index (χ0) is 17.4. The Morgan fingerprint density at radius 2 is 1.84 bits per heavy atom. The zero-order valence-corrected chi connectivity index (χ0v) is 14.4. The first-order valence-electron chi connectivity index (χ1n) is 8.69. The van der Waals surface area contributed by atoms with Crippen molar-refractivity contribution in [3.63, 3.8) is 0 Å². The summed E-state index contributed by atoms with van der Waals surface area (Å²) in [6.07, 6.45) is 0.354. The molecule has 0 aliphatic carbocycles. The predicted molar refractivity (Wildman–Crippen MR) is 93.4 cm³/mol. The fourth-order valence-electron chi connectivity index (χ4n) is 3.96. The number of hydrogen-bond donors (Lipinski definition) is 0. The van der Waals surface area contributed by atoms with Gasteiger partial charge in [-0.2, -0.15) is 0 Å². The van der Waals surface area contributed by atoms with Crippen molar-refractivity contribution in [2.75, 3.05) is 26.2 Å². The Balaban J connectivity index is 1.24. The molecule has 5 heteroatoms. The Kier molecular flexibility index (Phi) is 4.04. The van der Waals surface area contributed by atoms with E-state index < -0.39 is 0 Å². The standard InChI is InChI=1S/C20H22FN3O/c1-15-3-2-4-18(22-15)10-23-11-20(12-23)13-24(14-20)19(25)9-16-5-7-17(21)8-6-16/h2-8H,9-14H2,1H3. The van der Waals surface area contributed by atoms with E-state index in [1.807, 2.05) is 24.0 Å². The van der Waals surface area contributed by atoms with Crippen LogP contribution in [0.25, 0.3) is 0 Å². The van der Waals surface area contributed by atoms with Crippen molar-refractivity contribution < 1.29 is 9.18 Å². The van der Waals surface area contributed by atoms with E-state index in [2.05, 4.69) is 16.0 Å². The van der Waals surface area contributed by atoms with Gasteiger partial charge in [-0.25, -0.2) is 4.39 Å². The molecule has 1 aromatic heterocycles. The Bertz CT molecular complexity index is 776. The van der Waals surface area contributed by atoms with E-state index >= 15 is 0 Å². The Labute approximate surface area is 147 Å². The van der Waals surface area contributed by atoms with Gasteiger partial charge in [-0.05, 0) is 36.8 Å². The van der Waals surface area contributed by atoms with Crippen LogP contribution < -0.4 is 0 Å². The lowest BCUT2D eigenvalue weighted by Crippen LogP contribution is -2.72. The summed E-state index contributed by atoms with van der Waals surface area (Å²) in [5, 5.41) is 0. The average Bonchev–Trinajstić information content (AvgIpc) is 2.50. The third-order valence-corrected chi connectivity index (χ3v) is 5.12. The van der Waals surface area contributed by atoms with Crippen LogP contribution in [-0.4, -0.2) is 46.9 Å². The topological polar surface area (TPSA) is 36.4 Å². The number of halogens is 1. The number of likely N-dealkylation sites (tertiary alicyclic amines) is 2. The monoisotopic (exact) mass is 339 g/mol. The zero-order valence-electron chi connectivity index (χ0n) is 14.4. The molecule has 25 heavy (non-hydrogen) atoms. The number of rotatable bonds is 4. The summed E-state index contributed by atoms with van der Waals surface area (Å²) in [5.41, 5.74) is 3.31. The van der Waals surface area contributed by atoms with Gasteiger partial charge in [-0.1, -0.05) is 18.2 Å². The molecule has 1 aromatic carbocycles. The molecule has 3 heterocycles. The molecule has 2 aliphatic heterocycles. The molecule has 130 valence electrons. The Morgan fingerprint density at radius 1 is 1.12 bits per heavy atom. The quantitative estimate of drug-likeness (QED) is 0.858. The maximum atomic E-state index is 12.9. The Hall–Kier alpha value is -2.27. The van der Waals surface area contributed by atoms with Crippen LogP contribution in [0, 0.1) is 18.2 Å². The molecule has 0 radical (unpaired) electrons. The van der Waals surface area contributed by atoms with Gasteiger partial charge in [-0.3, -0.25) is 14.7 Å². The van der Waals surface area contributed by atoms with Crippen molar-refractivity contribution in [1.29, 1.82) is 0 Å². The second-order valence-corrected chi connectivity index (χ2v) is 7.47. The maximum Gasteiger partial charge on any atom is 0.227 e. The third kappa shape index (κ3) is 3.42. The first-order chi connectivity index (χ1) is 12.0. The minimum Gasteiger partial charge on any atom is -0.341 e. The van der Waals surface area contributed by atoms with Crippen LogP contribution in [0.4, 0.5) is 4.39 Å². The molecule has 1 spiro atoms. The van der Waals surface area contributed by atoms with Crippen molar-refractivity contribution in [3.8, 4) is 0 Å². The number of aryl methyl sites for hydroxylation is 1. The van der Waals surface area contributed by atoms with Gasteiger partial charge in [-0.15, -0.1) is 0 Å². The van der Waals surface area contributed by atoms with Crippen LogP contribution in [-0.2, 0) is 17.8 Å². The first-order valence-corrected chi connectivity index (χ1v) is 8.69. The highest BCUT2D eigenvalue weighted by molar-refractivity contribution is 5.79. The van der Waals surface area contributed by atoms with Gasteiger partial charge in [0.15, 0.2) is 0 Å². The number of carbonyl (C=O) groups excluding carboxylic acids is 1. The first kappa shape index (κ1) is 16.2. The summed E-state index contributed by atoms with van der Waals surface area (Å²) in [6.45, 7) is 6.63. The van der Waals surface area contributed by atoms with Crippen LogP contribution >= 0.6 is 0 Å². The van der Waals surface area contributed by atoms with E-state index in [1.165, 1.54) is 12.1 Å². The molecule has 0 atom stereocenters. The van der Waals surface area contributed by atoms with E-state index in [9.17, 15) is 9.18 Å². The van der Waals surface area contributed by atoms with Crippen molar-refractivity contribution in [3.05, 3.63) is 65.2 Å². The number of nitrogens with zero attached hydrogens (tertiary/aromatic N) is 3. The number of benzene rings is 1. The molecule has 1 amide bonds. The lowest BCUT2D eigenvalue weighted by molar-refractivity contribution is -0.159.